The molecule has 0 spiro atoms. The summed E-state index contributed by atoms with van der Waals surface area (Å²) in [6, 6.07) is 0. The molecule has 0 heterocycles. The average Bonchev–Trinajstić information content (AvgIpc) is 3.31. The van der Waals surface area contributed by atoms with Gasteiger partial charge in [-0.25, -0.2) is 0 Å². The van der Waals surface area contributed by atoms with Gasteiger partial charge in [-0.2, -0.15) is 0 Å². The molecule has 0 aliphatic carbocycles. The van der Waals surface area contributed by atoms with Crippen LogP contribution in [0.4, 0.5) is 0 Å². The summed E-state index contributed by atoms with van der Waals surface area (Å²) >= 11 is 0. The smallest absolute Gasteiger partial charge is 0.306 e. The SMILES string of the molecule is CC/C=C\C/C=C\C/C=C\CCCCCCCC(=O)OC[C@H](COC(=O)CCCCCCCCCCCCC/C=C\CCCCCCCC)OC(=O)CCCCCCCCCCCCCC. The van der Waals surface area contributed by atoms with Crippen molar-refractivity contribution in [1.82, 2.24) is 0 Å². The lowest BCUT2D eigenvalue weighted by Gasteiger charge is -2.18. The molecule has 0 saturated heterocycles. The Morgan fingerprint density at radius 2 is 0.591 bits per heavy atom. The van der Waals surface area contributed by atoms with Crippen LogP contribution in [0.15, 0.2) is 48.6 Å². The predicted molar refractivity (Wildman–Crippen MR) is 284 cm³/mol. The van der Waals surface area contributed by atoms with Gasteiger partial charge < -0.3 is 14.2 Å². The quantitative estimate of drug-likeness (QED) is 0.0262. The Labute approximate surface area is 409 Å². The monoisotopic (exact) mass is 925 g/mol. The van der Waals surface area contributed by atoms with E-state index in [0.717, 1.165) is 96.3 Å². The van der Waals surface area contributed by atoms with Crippen molar-refractivity contribution in [3.05, 3.63) is 48.6 Å². The fourth-order valence-electron chi connectivity index (χ4n) is 8.28. The van der Waals surface area contributed by atoms with Crippen molar-refractivity contribution < 1.29 is 28.6 Å². The maximum atomic E-state index is 12.8. The molecule has 6 nitrogen and oxygen atoms in total. The Bertz CT molecular complexity index is 1150. The highest BCUT2D eigenvalue weighted by atomic mass is 16.6. The molecule has 384 valence electrons. The second kappa shape index (κ2) is 55.0. The molecule has 0 saturated carbocycles. The van der Waals surface area contributed by atoms with Crippen molar-refractivity contribution in [2.75, 3.05) is 13.2 Å². The third-order valence-electron chi connectivity index (χ3n) is 12.6. The van der Waals surface area contributed by atoms with E-state index in [1.54, 1.807) is 0 Å². The van der Waals surface area contributed by atoms with E-state index in [1.807, 2.05) is 0 Å². The van der Waals surface area contributed by atoms with Crippen LogP contribution in [0, 0.1) is 0 Å². The van der Waals surface area contributed by atoms with Crippen molar-refractivity contribution in [3.63, 3.8) is 0 Å². The minimum absolute atomic E-state index is 0.0761. The molecule has 0 N–H and O–H groups in total. The van der Waals surface area contributed by atoms with E-state index >= 15 is 0 Å². The molecule has 0 aromatic heterocycles. The maximum absolute atomic E-state index is 12.8. The summed E-state index contributed by atoms with van der Waals surface area (Å²) in [5.41, 5.74) is 0. The number of carbonyl (C=O) groups is 3. The van der Waals surface area contributed by atoms with Crippen LogP contribution in [0.25, 0.3) is 0 Å². The van der Waals surface area contributed by atoms with Crippen LogP contribution < -0.4 is 0 Å². The lowest BCUT2D eigenvalue weighted by molar-refractivity contribution is -0.167. The molecule has 0 bridgehead atoms. The summed E-state index contributed by atoms with van der Waals surface area (Å²) in [7, 11) is 0. The van der Waals surface area contributed by atoms with E-state index in [0.29, 0.717) is 19.3 Å². The highest BCUT2D eigenvalue weighted by Gasteiger charge is 2.19. The van der Waals surface area contributed by atoms with E-state index in [4.69, 9.17) is 14.2 Å². The first-order valence-corrected chi connectivity index (χ1v) is 28.6. The van der Waals surface area contributed by atoms with Crippen LogP contribution in [0.3, 0.4) is 0 Å². The zero-order valence-electron chi connectivity index (χ0n) is 44.0. The Balaban J connectivity index is 4.29. The minimum Gasteiger partial charge on any atom is -0.462 e. The largest absolute Gasteiger partial charge is 0.462 e. The molecule has 0 aliphatic heterocycles. The number of hydrogen-bond donors (Lipinski definition) is 0. The van der Waals surface area contributed by atoms with Gasteiger partial charge in [-0.05, 0) is 77.0 Å². The summed E-state index contributed by atoms with van der Waals surface area (Å²) in [5.74, 6) is -0.881. The zero-order chi connectivity index (χ0) is 47.9. The highest BCUT2D eigenvalue weighted by molar-refractivity contribution is 5.71. The summed E-state index contributed by atoms with van der Waals surface area (Å²) in [6.07, 6.45) is 66.7. The van der Waals surface area contributed by atoms with Crippen molar-refractivity contribution in [2.45, 2.75) is 303 Å². The Kier molecular flexibility index (Phi) is 52.8. The van der Waals surface area contributed by atoms with Crippen molar-refractivity contribution in [3.8, 4) is 0 Å². The summed E-state index contributed by atoms with van der Waals surface area (Å²) in [5, 5.41) is 0. The van der Waals surface area contributed by atoms with E-state index in [-0.39, 0.29) is 31.1 Å². The molecule has 0 radical (unpaired) electrons. The first-order chi connectivity index (χ1) is 32.5. The van der Waals surface area contributed by atoms with Crippen LogP contribution >= 0.6 is 0 Å². The maximum Gasteiger partial charge on any atom is 0.306 e. The number of ether oxygens (including phenoxy) is 3. The summed E-state index contributed by atoms with van der Waals surface area (Å²) in [4.78, 5) is 38.1. The average molecular weight is 926 g/mol. The van der Waals surface area contributed by atoms with E-state index in [2.05, 4.69) is 69.4 Å². The fourth-order valence-corrected chi connectivity index (χ4v) is 8.28. The minimum atomic E-state index is -0.777. The lowest BCUT2D eigenvalue weighted by Crippen LogP contribution is -2.30. The zero-order valence-corrected chi connectivity index (χ0v) is 44.0. The molecule has 0 aromatic carbocycles. The normalized spacial score (nSPS) is 12.3. The first kappa shape index (κ1) is 63.4. The Morgan fingerprint density at radius 1 is 0.318 bits per heavy atom. The highest BCUT2D eigenvalue weighted by Crippen LogP contribution is 2.16. The van der Waals surface area contributed by atoms with Gasteiger partial charge in [-0.3, -0.25) is 14.4 Å². The second-order valence-electron chi connectivity index (χ2n) is 19.2. The number of hydrogen-bond acceptors (Lipinski definition) is 6. The summed E-state index contributed by atoms with van der Waals surface area (Å²) in [6.45, 7) is 6.54. The third-order valence-corrected chi connectivity index (χ3v) is 12.6. The standard InChI is InChI=1S/C60H108O6/c1-4-7-10-13-16-19-22-25-27-28-29-30-31-32-34-36-39-41-44-47-50-53-59(62)65-56-57(66-60(63)54-51-48-45-42-37-24-21-18-15-12-9-6-3)55-64-58(61)52-49-46-43-40-38-35-33-26-23-20-17-14-11-8-5-2/h8,11,17,20,25-27,33,57H,4-7,9-10,12-16,18-19,21-24,28-32,34-56H2,1-3H3/b11-8-,20-17-,27-25-,33-26-/t57-/m1/s1. The van der Waals surface area contributed by atoms with Crippen molar-refractivity contribution >= 4 is 17.9 Å². The number of carbonyl (C=O) groups excluding carboxylic acids is 3. The topological polar surface area (TPSA) is 78.9 Å². The van der Waals surface area contributed by atoms with Gasteiger partial charge in [-0.1, -0.05) is 249 Å². The molecule has 6 heteroatoms. The molecule has 0 amide bonds. The van der Waals surface area contributed by atoms with Gasteiger partial charge in [0.1, 0.15) is 13.2 Å². The van der Waals surface area contributed by atoms with Gasteiger partial charge >= 0.3 is 17.9 Å². The van der Waals surface area contributed by atoms with Crippen LogP contribution in [0.5, 0.6) is 0 Å². The second-order valence-corrected chi connectivity index (χ2v) is 19.2. The molecule has 0 unspecified atom stereocenters. The first-order valence-electron chi connectivity index (χ1n) is 28.6. The van der Waals surface area contributed by atoms with Gasteiger partial charge in [0.25, 0.3) is 0 Å². The Morgan fingerprint density at radius 3 is 0.939 bits per heavy atom. The van der Waals surface area contributed by atoms with Crippen LogP contribution in [0.1, 0.15) is 297 Å². The molecule has 0 aliphatic rings. The number of rotatable bonds is 52. The number of esters is 3. The molecule has 1 atom stereocenters. The predicted octanol–water partition coefficient (Wildman–Crippen LogP) is 19.0. The Hall–Kier alpha value is -2.63. The molecule has 0 rings (SSSR count). The lowest BCUT2D eigenvalue weighted by atomic mass is 10.0. The van der Waals surface area contributed by atoms with Gasteiger partial charge in [0.2, 0.25) is 0 Å². The number of allylic oxidation sites excluding steroid dienone is 8. The van der Waals surface area contributed by atoms with Gasteiger partial charge in [-0.15, -0.1) is 0 Å². The van der Waals surface area contributed by atoms with E-state index < -0.39 is 6.10 Å². The van der Waals surface area contributed by atoms with Gasteiger partial charge in [0.15, 0.2) is 6.10 Å². The third kappa shape index (κ3) is 52.3. The van der Waals surface area contributed by atoms with Crippen molar-refractivity contribution in [1.29, 1.82) is 0 Å². The molecule has 0 aromatic rings. The van der Waals surface area contributed by atoms with Crippen LogP contribution in [0.2, 0.25) is 0 Å². The molecule has 66 heavy (non-hydrogen) atoms. The fraction of sp³-hybridized carbons (Fsp3) is 0.817. The molecule has 0 fully saturated rings. The van der Waals surface area contributed by atoms with Gasteiger partial charge in [0.05, 0.1) is 0 Å². The van der Waals surface area contributed by atoms with Gasteiger partial charge in [0, 0.05) is 19.3 Å². The molecular weight excluding hydrogens is 817 g/mol. The van der Waals surface area contributed by atoms with Crippen molar-refractivity contribution in [2.24, 2.45) is 0 Å². The number of unbranched alkanes of at least 4 members (excludes halogenated alkanes) is 33. The van der Waals surface area contributed by atoms with E-state index in [9.17, 15) is 14.4 Å². The van der Waals surface area contributed by atoms with E-state index in [1.165, 1.54) is 161 Å². The van der Waals surface area contributed by atoms with Crippen LogP contribution in [-0.2, 0) is 28.6 Å². The summed E-state index contributed by atoms with van der Waals surface area (Å²) < 4.78 is 16.8. The van der Waals surface area contributed by atoms with Crippen LogP contribution in [-0.4, -0.2) is 37.2 Å². The molecular formula is C60H108O6.